The molecule has 2 aromatic carbocycles. The van der Waals surface area contributed by atoms with Crippen LogP contribution in [0.25, 0.3) is 0 Å². The maximum Gasteiger partial charge on any atom is 0.411 e. The second kappa shape index (κ2) is 4.60. The molecule has 0 saturated heterocycles. The van der Waals surface area contributed by atoms with Crippen molar-refractivity contribution in [3.63, 3.8) is 0 Å². The van der Waals surface area contributed by atoms with Crippen molar-refractivity contribution >= 4 is 6.09 Å². The van der Waals surface area contributed by atoms with E-state index in [1.807, 2.05) is 11.8 Å². The van der Waals surface area contributed by atoms with E-state index in [4.69, 9.17) is 4.74 Å². The highest BCUT2D eigenvalue weighted by atomic mass is 16.6. The Labute approximate surface area is 130 Å². The summed E-state index contributed by atoms with van der Waals surface area (Å²) in [7, 11) is 0. The van der Waals surface area contributed by atoms with Gasteiger partial charge >= 0.3 is 6.09 Å². The normalized spacial score (nSPS) is 24.6. The maximum atomic E-state index is 12.6. The highest BCUT2D eigenvalue weighted by Crippen LogP contribution is 2.55. The lowest BCUT2D eigenvalue weighted by atomic mass is 9.81. The molecule has 0 fully saturated rings. The predicted molar refractivity (Wildman–Crippen MR) is 84.6 cm³/mol. The van der Waals surface area contributed by atoms with E-state index in [0.717, 1.165) is 6.42 Å². The number of rotatable bonds is 1. The van der Waals surface area contributed by atoms with Crippen molar-refractivity contribution in [1.29, 1.82) is 0 Å². The van der Waals surface area contributed by atoms with Gasteiger partial charge in [-0.05, 0) is 42.5 Å². The van der Waals surface area contributed by atoms with Crippen LogP contribution < -0.4 is 0 Å². The highest BCUT2D eigenvalue weighted by Gasteiger charge is 2.54. The molecule has 0 aliphatic carbocycles. The summed E-state index contributed by atoms with van der Waals surface area (Å²) in [4.78, 5) is 14.6. The molecule has 112 valence electrons. The van der Waals surface area contributed by atoms with Gasteiger partial charge in [-0.3, -0.25) is 4.90 Å². The molecule has 1 amide bonds. The zero-order chi connectivity index (χ0) is 15.3. The summed E-state index contributed by atoms with van der Waals surface area (Å²) < 4.78 is 5.36. The van der Waals surface area contributed by atoms with Crippen LogP contribution in [0.2, 0.25) is 0 Å². The molecule has 3 nitrogen and oxygen atoms in total. The Kier molecular flexibility index (Phi) is 2.80. The van der Waals surface area contributed by atoms with Crippen molar-refractivity contribution in [2.75, 3.05) is 6.61 Å². The van der Waals surface area contributed by atoms with E-state index in [2.05, 4.69) is 55.5 Å². The molecular formula is C19H19NO2. The third-order valence-corrected chi connectivity index (χ3v) is 5.06. The van der Waals surface area contributed by atoms with Gasteiger partial charge in [0.15, 0.2) is 0 Å². The molecule has 2 heterocycles. The first-order valence-corrected chi connectivity index (χ1v) is 7.81. The Hall–Kier alpha value is -2.29. The van der Waals surface area contributed by atoms with Crippen molar-refractivity contribution in [3.8, 4) is 0 Å². The number of benzene rings is 2. The number of fused-ring (bicyclic) bond motifs is 7. The van der Waals surface area contributed by atoms with Gasteiger partial charge in [0, 0.05) is 0 Å². The fourth-order valence-electron chi connectivity index (χ4n) is 4.17. The largest absolute Gasteiger partial charge is 0.450 e. The Bertz CT molecular complexity index is 742. The summed E-state index contributed by atoms with van der Waals surface area (Å²) in [6.07, 6.45) is 0.627. The molecular weight excluding hydrogens is 274 g/mol. The quantitative estimate of drug-likeness (QED) is 0.794. The molecule has 0 spiro atoms. The van der Waals surface area contributed by atoms with Crippen molar-refractivity contribution in [3.05, 3.63) is 70.8 Å². The predicted octanol–water partition coefficient (Wildman–Crippen LogP) is 4.02. The fourth-order valence-corrected chi connectivity index (χ4v) is 4.17. The molecule has 0 aromatic heterocycles. The zero-order valence-corrected chi connectivity index (χ0v) is 12.9. The van der Waals surface area contributed by atoms with Crippen LogP contribution in [0.1, 0.15) is 42.1 Å². The monoisotopic (exact) mass is 293 g/mol. The molecule has 2 aromatic rings. The number of carbonyl (C=O) groups is 1. The Morgan fingerprint density at radius 3 is 2.64 bits per heavy atom. The maximum absolute atomic E-state index is 12.6. The van der Waals surface area contributed by atoms with Gasteiger partial charge in [-0.15, -0.1) is 0 Å². The number of amides is 1. The number of ether oxygens (including phenoxy) is 1. The summed E-state index contributed by atoms with van der Waals surface area (Å²) in [5.74, 6) is 0. The van der Waals surface area contributed by atoms with E-state index >= 15 is 0 Å². The summed E-state index contributed by atoms with van der Waals surface area (Å²) in [6.45, 7) is 4.39. The van der Waals surface area contributed by atoms with Crippen molar-refractivity contribution in [1.82, 2.24) is 4.90 Å². The topological polar surface area (TPSA) is 29.5 Å². The van der Waals surface area contributed by atoms with Crippen LogP contribution in [0, 0.1) is 0 Å². The van der Waals surface area contributed by atoms with Gasteiger partial charge in [0.1, 0.15) is 0 Å². The molecule has 2 bridgehead atoms. The number of nitrogens with zero attached hydrogens (tertiary/aromatic N) is 1. The summed E-state index contributed by atoms with van der Waals surface area (Å²) >= 11 is 0. The van der Waals surface area contributed by atoms with E-state index < -0.39 is 5.54 Å². The van der Waals surface area contributed by atoms with Crippen LogP contribution in [-0.2, 0) is 16.7 Å². The molecule has 0 N–H and O–H groups in total. The minimum atomic E-state index is -0.442. The molecule has 2 atom stereocenters. The smallest absolute Gasteiger partial charge is 0.411 e. The Morgan fingerprint density at radius 1 is 1.18 bits per heavy atom. The molecule has 2 unspecified atom stereocenters. The van der Waals surface area contributed by atoms with E-state index in [0.29, 0.717) is 6.61 Å². The fraction of sp³-hybridized carbons (Fsp3) is 0.316. The van der Waals surface area contributed by atoms with Crippen molar-refractivity contribution in [2.45, 2.75) is 31.8 Å². The van der Waals surface area contributed by atoms with Crippen LogP contribution in [0.5, 0.6) is 0 Å². The third kappa shape index (κ3) is 1.54. The first-order chi connectivity index (χ1) is 10.7. The number of carbonyl (C=O) groups excluding carboxylic acids is 1. The average Bonchev–Trinajstić information content (AvgIpc) is 2.73. The zero-order valence-electron chi connectivity index (χ0n) is 12.9. The van der Waals surface area contributed by atoms with Crippen LogP contribution in [0.3, 0.4) is 0 Å². The van der Waals surface area contributed by atoms with Crippen LogP contribution in [-0.4, -0.2) is 17.6 Å². The molecule has 0 saturated carbocycles. The van der Waals surface area contributed by atoms with Gasteiger partial charge in [0.2, 0.25) is 0 Å². The minimum Gasteiger partial charge on any atom is -0.450 e. The molecule has 0 radical (unpaired) electrons. The van der Waals surface area contributed by atoms with Crippen LogP contribution in [0.15, 0.2) is 48.5 Å². The van der Waals surface area contributed by atoms with Gasteiger partial charge < -0.3 is 4.74 Å². The third-order valence-electron chi connectivity index (χ3n) is 5.06. The van der Waals surface area contributed by atoms with Gasteiger partial charge in [-0.1, -0.05) is 48.5 Å². The van der Waals surface area contributed by atoms with Gasteiger partial charge in [-0.25, -0.2) is 4.79 Å². The molecule has 4 rings (SSSR count). The SMILES string of the molecule is CCOC(=O)N1C2Cc3ccccc3C1(C)c1ccccc12. The van der Waals surface area contributed by atoms with Gasteiger partial charge in [0.25, 0.3) is 0 Å². The number of hydrogen-bond acceptors (Lipinski definition) is 2. The molecule has 22 heavy (non-hydrogen) atoms. The summed E-state index contributed by atoms with van der Waals surface area (Å²) in [6, 6.07) is 16.9. The van der Waals surface area contributed by atoms with E-state index in [9.17, 15) is 4.79 Å². The summed E-state index contributed by atoms with van der Waals surface area (Å²) in [5.41, 5.74) is 4.56. The lowest BCUT2D eigenvalue weighted by molar-refractivity contribution is 0.0528. The van der Waals surface area contributed by atoms with E-state index in [1.165, 1.54) is 22.3 Å². The van der Waals surface area contributed by atoms with Crippen LogP contribution >= 0.6 is 0 Å². The van der Waals surface area contributed by atoms with E-state index in [-0.39, 0.29) is 12.1 Å². The summed E-state index contributed by atoms with van der Waals surface area (Å²) in [5, 5.41) is 0. The average molecular weight is 293 g/mol. The van der Waals surface area contributed by atoms with Crippen molar-refractivity contribution < 1.29 is 9.53 Å². The minimum absolute atomic E-state index is 0.0650. The first kappa shape index (κ1) is 13.4. The van der Waals surface area contributed by atoms with Crippen molar-refractivity contribution in [2.24, 2.45) is 0 Å². The van der Waals surface area contributed by atoms with Crippen LogP contribution in [0.4, 0.5) is 4.79 Å². The molecule has 2 aliphatic rings. The standard InChI is InChI=1S/C19H19NO2/c1-3-22-18(21)20-17-12-13-8-4-6-10-15(13)19(20,2)16-11-7-5-9-14(16)17/h4-11,17H,3,12H2,1-2H3. The molecule has 2 aliphatic heterocycles. The molecule has 3 heteroatoms. The van der Waals surface area contributed by atoms with Gasteiger partial charge in [0.05, 0.1) is 18.2 Å². The lowest BCUT2D eigenvalue weighted by Gasteiger charge is -2.43. The van der Waals surface area contributed by atoms with Gasteiger partial charge in [-0.2, -0.15) is 0 Å². The second-order valence-corrected chi connectivity index (χ2v) is 6.11. The number of hydrogen-bond donors (Lipinski definition) is 0. The first-order valence-electron chi connectivity index (χ1n) is 7.81. The lowest BCUT2D eigenvalue weighted by Crippen LogP contribution is -2.49. The Balaban J connectivity index is 1.97. The van der Waals surface area contributed by atoms with E-state index in [1.54, 1.807) is 0 Å². The second-order valence-electron chi connectivity index (χ2n) is 6.11. The Morgan fingerprint density at radius 2 is 1.86 bits per heavy atom. The highest BCUT2D eigenvalue weighted by molar-refractivity contribution is 5.75.